The van der Waals surface area contributed by atoms with E-state index in [-0.39, 0.29) is 16.8 Å². The van der Waals surface area contributed by atoms with Gasteiger partial charge in [-0.05, 0) is 55.9 Å². The van der Waals surface area contributed by atoms with Gasteiger partial charge in [0.2, 0.25) is 0 Å². The molecule has 2 aromatic carbocycles. The first-order valence-electron chi connectivity index (χ1n) is 9.43. The molecule has 0 aliphatic rings. The molecule has 0 saturated heterocycles. The summed E-state index contributed by atoms with van der Waals surface area (Å²) < 4.78 is 27.2. The smallest absolute Gasteiger partial charge is 0.264 e. The summed E-state index contributed by atoms with van der Waals surface area (Å²) in [5.74, 6) is -0.308. The summed E-state index contributed by atoms with van der Waals surface area (Å²) in [6.45, 7) is 0.424. The molecule has 6 nitrogen and oxygen atoms in total. The fraction of sp³-hybridized carbons (Fsp3) is 0.227. The number of anilines is 1. The minimum Gasteiger partial charge on any atom is -0.350 e. The third-order valence-electron chi connectivity index (χ3n) is 4.83. The van der Waals surface area contributed by atoms with Gasteiger partial charge in [0.25, 0.3) is 15.9 Å². The normalized spacial score (nSPS) is 12.5. The summed E-state index contributed by atoms with van der Waals surface area (Å²) in [4.78, 5) is 16.0. The lowest BCUT2D eigenvalue weighted by atomic mass is 10.2. The summed E-state index contributed by atoms with van der Waals surface area (Å²) in [6, 6.07) is 19.0. The largest absolute Gasteiger partial charge is 0.350 e. The number of sulfonamides is 1. The van der Waals surface area contributed by atoms with Gasteiger partial charge in [0.1, 0.15) is 0 Å². The predicted molar refractivity (Wildman–Crippen MR) is 122 cm³/mol. The molecule has 1 atom stereocenters. The minimum absolute atomic E-state index is 0.0464. The van der Waals surface area contributed by atoms with Gasteiger partial charge in [-0.15, -0.1) is 11.3 Å². The number of nitrogens with zero attached hydrogens (tertiary/aromatic N) is 2. The van der Waals surface area contributed by atoms with Crippen LogP contribution in [0.15, 0.2) is 77.0 Å². The van der Waals surface area contributed by atoms with E-state index in [4.69, 9.17) is 0 Å². The molecule has 0 aliphatic carbocycles. The quantitative estimate of drug-likeness (QED) is 0.578. The summed E-state index contributed by atoms with van der Waals surface area (Å²) in [5, 5.41) is 4.93. The minimum atomic E-state index is -3.78. The van der Waals surface area contributed by atoms with Gasteiger partial charge in [0.05, 0.1) is 16.6 Å². The molecule has 1 unspecified atom stereocenters. The van der Waals surface area contributed by atoms with E-state index < -0.39 is 10.0 Å². The highest BCUT2D eigenvalue weighted by Crippen LogP contribution is 2.24. The Morgan fingerprint density at radius 3 is 2.37 bits per heavy atom. The van der Waals surface area contributed by atoms with Crippen LogP contribution in [0.5, 0.6) is 0 Å². The molecule has 1 N–H and O–H groups in total. The van der Waals surface area contributed by atoms with Crippen molar-refractivity contribution in [2.75, 3.05) is 32.0 Å². The van der Waals surface area contributed by atoms with Crippen LogP contribution in [0.25, 0.3) is 0 Å². The summed E-state index contributed by atoms with van der Waals surface area (Å²) in [7, 11) is 1.64. The fourth-order valence-corrected chi connectivity index (χ4v) is 5.21. The Hall–Kier alpha value is -2.68. The standard InChI is InChI=1S/C22H25N3O3S2/c1-24(2)20(21-13-8-14-29-21)16-23-22(26)17-9-7-12-19(15-17)30(27,28)25(3)18-10-5-4-6-11-18/h4-15,20H,16H2,1-3H3,(H,23,26). The zero-order chi connectivity index (χ0) is 21.7. The van der Waals surface area contributed by atoms with Crippen LogP contribution in [0, 0.1) is 0 Å². The third kappa shape index (κ3) is 4.89. The van der Waals surface area contributed by atoms with Gasteiger partial charge in [-0.2, -0.15) is 0 Å². The molecule has 8 heteroatoms. The number of rotatable bonds is 8. The van der Waals surface area contributed by atoms with E-state index in [0.29, 0.717) is 17.8 Å². The molecule has 3 aromatic rings. The average Bonchev–Trinajstić information content (AvgIpc) is 3.28. The molecule has 0 spiro atoms. The maximum Gasteiger partial charge on any atom is 0.264 e. The molecule has 3 rings (SSSR count). The molecular formula is C22H25N3O3S2. The van der Waals surface area contributed by atoms with E-state index >= 15 is 0 Å². The van der Waals surface area contributed by atoms with Gasteiger partial charge >= 0.3 is 0 Å². The van der Waals surface area contributed by atoms with Gasteiger partial charge in [-0.1, -0.05) is 30.3 Å². The molecule has 1 heterocycles. The number of carbonyl (C=O) groups is 1. The highest BCUT2D eigenvalue weighted by molar-refractivity contribution is 7.92. The molecule has 1 amide bonds. The van der Waals surface area contributed by atoms with Crippen molar-refractivity contribution in [2.24, 2.45) is 0 Å². The first-order chi connectivity index (χ1) is 14.3. The Bertz CT molecular complexity index is 1080. The van der Waals surface area contributed by atoms with Crippen molar-refractivity contribution < 1.29 is 13.2 Å². The van der Waals surface area contributed by atoms with Crippen LogP contribution in [0.1, 0.15) is 21.3 Å². The highest BCUT2D eigenvalue weighted by atomic mass is 32.2. The zero-order valence-electron chi connectivity index (χ0n) is 17.1. The number of amides is 1. The number of para-hydroxylation sites is 1. The lowest BCUT2D eigenvalue weighted by Gasteiger charge is -2.23. The van der Waals surface area contributed by atoms with E-state index in [9.17, 15) is 13.2 Å². The molecule has 30 heavy (non-hydrogen) atoms. The topological polar surface area (TPSA) is 69.7 Å². The average molecular weight is 444 g/mol. The van der Waals surface area contributed by atoms with Gasteiger partial charge in [-0.25, -0.2) is 8.42 Å². The molecule has 0 saturated carbocycles. The van der Waals surface area contributed by atoms with Crippen LogP contribution in [-0.4, -0.2) is 46.9 Å². The summed E-state index contributed by atoms with van der Waals surface area (Å²) in [6.07, 6.45) is 0. The second-order valence-electron chi connectivity index (χ2n) is 7.04. The van der Waals surface area contributed by atoms with E-state index in [2.05, 4.69) is 5.32 Å². The van der Waals surface area contributed by atoms with Crippen molar-refractivity contribution in [1.29, 1.82) is 0 Å². The van der Waals surface area contributed by atoms with Crippen molar-refractivity contribution in [1.82, 2.24) is 10.2 Å². The number of benzene rings is 2. The number of hydrogen-bond donors (Lipinski definition) is 1. The van der Waals surface area contributed by atoms with Crippen LogP contribution in [-0.2, 0) is 10.0 Å². The van der Waals surface area contributed by atoms with Gasteiger partial charge < -0.3 is 10.2 Å². The van der Waals surface area contributed by atoms with Gasteiger partial charge in [0, 0.05) is 24.0 Å². The van der Waals surface area contributed by atoms with Crippen molar-refractivity contribution in [3.05, 3.63) is 82.6 Å². The van der Waals surface area contributed by atoms with Crippen LogP contribution >= 0.6 is 11.3 Å². The van der Waals surface area contributed by atoms with Crippen molar-refractivity contribution in [2.45, 2.75) is 10.9 Å². The maximum atomic E-state index is 13.0. The number of carbonyl (C=O) groups excluding carboxylic acids is 1. The molecule has 0 bridgehead atoms. The fourth-order valence-electron chi connectivity index (χ4n) is 3.04. The summed E-state index contributed by atoms with van der Waals surface area (Å²) >= 11 is 1.64. The molecule has 1 aromatic heterocycles. The lowest BCUT2D eigenvalue weighted by molar-refractivity contribution is 0.0942. The molecule has 0 aliphatic heterocycles. The Balaban J connectivity index is 1.77. The van der Waals surface area contributed by atoms with E-state index in [1.54, 1.807) is 47.7 Å². The van der Waals surface area contributed by atoms with Crippen LogP contribution in [0.2, 0.25) is 0 Å². The zero-order valence-corrected chi connectivity index (χ0v) is 18.8. The van der Waals surface area contributed by atoms with Gasteiger partial charge in [0.15, 0.2) is 0 Å². The third-order valence-corrected chi connectivity index (χ3v) is 7.58. The number of nitrogens with one attached hydrogen (secondary N) is 1. The highest BCUT2D eigenvalue weighted by Gasteiger charge is 2.23. The summed E-state index contributed by atoms with van der Waals surface area (Å²) in [5.41, 5.74) is 0.860. The van der Waals surface area contributed by atoms with E-state index in [1.165, 1.54) is 23.5 Å². The Kier molecular flexibility index (Phi) is 6.91. The number of likely N-dealkylation sites (N-methyl/N-ethyl adjacent to an activating group) is 1. The van der Waals surface area contributed by atoms with Crippen molar-refractivity contribution >= 4 is 33.0 Å². The SMILES string of the molecule is CN(C)C(CNC(=O)c1cccc(S(=O)(=O)N(C)c2ccccc2)c1)c1cccs1. The second kappa shape index (κ2) is 9.42. The molecule has 0 radical (unpaired) electrons. The van der Waals surface area contributed by atoms with Crippen molar-refractivity contribution in [3.63, 3.8) is 0 Å². The lowest BCUT2D eigenvalue weighted by Crippen LogP contribution is -2.34. The number of thiophene rings is 1. The molecule has 0 fully saturated rings. The monoisotopic (exact) mass is 443 g/mol. The first-order valence-corrected chi connectivity index (χ1v) is 11.7. The van der Waals surface area contributed by atoms with Crippen LogP contribution in [0.4, 0.5) is 5.69 Å². The Morgan fingerprint density at radius 2 is 1.73 bits per heavy atom. The van der Waals surface area contributed by atoms with E-state index in [1.807, 2.05) is 42.6 Å². The van der Waals surface area contributed by atoms with Gasteiger partial charge in [-0.3, -0.25) is 9.10 Å². The first kappa shape index (κ1) is 22.0. The van der Waals surface area contributed by atoms with Crippen molar-refractivity contribution in [3.8, 4) is 0 Å². The number of hydrogen-bond acceptors (Lipinski definition) is 5. The van der Waals surface area contributed by atoms with E-state index in [0.717, 1.165) is 4.88 Å². The maximum absolute atomic E-state index is 13.0. The van der Waals surface area contributed by atoms with Crippen LogP contribution < -0.4 is 9.62 Å². The Morgan fingerprint density at radius 1 is 1.00 bits per heavy atom. The predicted octanol–water partition coefficient (Wildman–Crippen LogP) is 3.61. The second-order valence-corrected chi connectivity index (χ2v) is 9.99. The molecular weight excluding hydrogens is 418 g/mol. The Labute approximate surface area is 181 Å². The molecule has 158 valence electrons. The van der Waals surface area contributed by atoms with Crippen LogP contribution in [0.3, 0.4) is 0 Å².